The Morgan fingerprint density at radius 3 is 2.89 bits per heavy atom. The van der Waals surface area contributed by atoms with Gasteiger partial charge in [0, 0.05) is 17.1 Å². The molecule has 0 aliphatic heterocycles. The number of aromatic nitrogens is 5. The minimum atomic E-state index is -0.708. The molecule has 2 aromatic heterocycles. The number of nitrogens with one attached hydrogen (secondary N) is 2. The van der Waals surface area contributed by atoms with E-state index >= 15 is 0 Å². The van der Waals surface area contributed by atoms with Gasteiger partial charge in [0.25, 0.3) is 0 Å². The van der Waals surface area contributed by atoms with Gasteiger partial charge in [-0.2, -0.15) is 5.21 Å². The van der Waals surface area contributed by atoms with Crippen molar-refractivity contribution in [3.8, 4) is 0 Å². The molecule has 0 aliphatic rings. The fraction of sp³-hybridized carbons (Fsp3) is 0.0909. The molecule has 0 bridgehead atoms. The number of primary amides is 1. The summed E-state index contributed by atoms with van der Waals surface area (Å²) in [5.74, 6) is -0.951. The van der Waals surface area contributed by atoms with Gasteiger partial charge in [-0.15, -0.1) is 10.2 Å². The van der Waals surface area contributed by atoms with E-state index in [1.165, 1.54) is 0 Å². The fourth-order valence-electron chi connectivity index (χ4n) is 2.04. The first-order valence-corrected chi connectivity index (χ1v) is 5.36. The third-order valence-corrected chi connectivity index (χ3v) is 2.84. The fourth-order valence-corrected chi connectivity index (χ4v) is 2.04. The lowest BCUT2D eigenvalue weighted by atomic mass is 9.97. The highest BCUT2D eigenvalue weighted by molar-refractivity contribution is 5.92. The average molecular weight is 242 g/mol. The molecular formula is C11H10N6O. The molecule has 90 valence electrons. The van der Waals surface area contributed by atoms with E-state index in [2.05, 4.69) is 25.6 Å². The molecule has 3 aromatic rings. The van der Waals surface area contributed by atoms with E-state index in [1.54, 1.807) is 6.20 Å². The van der Waals surface area contributed by atoms with Crippen LogP contribution < -0.4 is 5.73 Å². The molecule has 0 spiro atoms. The number of nitrogens with zero attached hydrogens (tertiary/aromatic N) is 3. The second kappa shape index (κ2) is 3.95. The molecule has 4 N–H and O–H groups in total. The Morgan fingerprint density at radius 2 is 2.17 bits per heavy atom. The number of amides is 1. The number of fused-ring (bicyclic) bond motifs is 1. The first kappa shape index (κ1) is 10.5. The minimum Gasteiger partial charge on any atom is -0.369 e. The Hall–Kier alpha value is -2.70. The van der Waals surface area contributed by atoms with Crippen LogP contribution in [-0.2, 0) is 4.79 Å². The maximum absolute atomic E-state index is 11.6. The maximum Gasteiger partial charge on any atom is 0.232 e. The lowest BCUT2D eigenvalue weighted by Crippen LogP contribution is -2.23. The van der Waals surface area contributed by atoms with Crippen LogP contribution >= 0.6 is 0 Å². The van der Waals surface area contributed by atoms with Gasteiger partial charge in [-0.1, -0.05) is 23.4 Å². The summed E-state index contributed by atoms with van der Waals surface area (Å²) in [6, 6.07) is 7.65. The molecule has 3 rings (SSSR count). The molecule has 1 amide bonds. The second-order valence-corrected chi connectivity index (χ2v) is 3.89. The molecule has 2 heterocycles. The second-order valence-electron chi connectivity index (χ2n) is 3.89. The number of aromatic amines is 2. The largest absolute Gasteiger partial charge is 0.369 e. The van der Waals surface area contributed by atoms with Crippen molar-refractivity contribution in [2.75, 3.05) is 0 Å². The standard InChI is InChI=1S/C11H10N6O/c12-10(18)9(11-14-16-17-15-11)7-5-13-8-4-2-1-3-6(7)8/h1-5,9,13H,(H2,12,18)(H,14,15,16,17)/t9-/m1/s1. The summed E-state index contributed by atoms with van der Waals surface area (Å²) in [7, 11) is 0. The number of benzene rings is 1. The van der Waals surface area contributed by atoms with Crippen LogP contribution in [0.4, 0.5) is 0 Å². The predicted molar refractivity (Wildman–Crippen MR) is 63.5 cm³/mol. The molecule has 0 fully saturated rings. The molecule has 0 unspecified atom stereocenters. The van der Waals surface area contributed by atoms with Gasteiger partial charge in [-0.3, -0.25) is 4.79 Å². The number of nitrogens with two attached hydrogens (primary N) is 1. The smallest absolute Gasteiger partial charge is 0.232 e. The Kier molecular flexibility index (Phi) is 2.30. The van der Waals surface area contributed by atoms with E-state index < -0.39 is 11.8 Å². The topological polar surface area (TPSA) is 113 Å². The quantitative estimate of drug-likeness (QED) is 0.612. The molecule has 0 saturated carbocycles. The lowest BCUT2D eigenvalue weighted by molar-refractivity contribution is -0.118. The number of H-pyrrole nitrogens is 2. The number of carbonyl (C=O) groups is 1. The van der Waals surface area contributed by atoms with Crippen LogP contribution in [0.1, 0.15) is 17.3 Å². The summed E-state index contributed by atoms with van der Waals surface area (Å²) in [4.78, 5) is 14.7. The molecular weight excluding hydrogens is 232 g/mol. The molecule has 0 radical (unpaired) electrons. The van der Waals surface area contributed by atoms with Gasteiger partial charge in [0.15, 0.2) is 5.82 Å². The maximum atomic E-state index is 11.6. The van der Waals surface area contributed by atoms with E-state index in [-0.39, 0.29) is 5.82 Å². The average Bonchev–Trinajstić information content (AvgIpc) is 3.00. The molecule has 1 atom stereocenters. The molecule has 7 heteroatoms. The van der Waals surface area contributed by atoms with Gasteiger partial charge in [0.05, 0.1) is 0 Å². The molecule has 0 saturated heterocycles. The lowest BCUT2D eigenvalue weighted by Gasteiger charge is -2.07. The summed E-state index contributed by atoms with van der Waals surface area (Å²) in [6.45, 7) is 0. The van der Waals surface area contributed by atoms with Gasteiger partial charge in [-0.05, 0) is 11.6 Å². The summed E-state index contributed by atoms with van der Waals surface area (Å²) in [5, 5.41) is 14.4. The number of carbonyl (C=O) groups excluding carboxylic acids is 1. The number of hydrogen-bond acceptors (Lipinski definition) is 4. The van der Waals surface area contributed by atoms with E-state index in [4.69, 9.17) is 5.73 Å². The molecule has 1 aromatic carbocycles. The molecule has 0 aliphatic carbocycles. The number of para-hydroxylation sites is 1. The summed E-state index contributed by atoms with van der Waals surface area (Å²) in [5.41, 5.74) is 7.12. The first-order chi connectivity index (χ1) is 8.77. The van der Waals surface area contributed by atoms with Gasteiger partial charge in [0.2, 0.25) is 5.91 Å². The van der Waals surface area contributed by atoms with Gasteiger partial charge in [0.1, 0.15) is 5.92 Å². The van der Waals surface area contributed by atoms with E-state index in [9.17, 15) is 4.79 Å². The van der Waals surface area contributed by atoms with Crippen molar-refractivity contribution < 1.29 is 4.79 Å². The van der Waals surface area contributed by atoms with Gasteiger partial charge in [-0.25, -0.2) is 0 Å². The molecule has 7 nitrogen and oxygen atoms in total. The van der Waals surface area contributed by atoms with E-state index in [1.807, 2.05) is 24.3 Å². The number of rotatable bonds is 3. The van der Waals surface area contributed by atoms with Crippen molar-refractivity contribution in [1.82, 2.24) is 25.6 Å². The highest BCUT2D eigenvalue weighted by Crippen LogP contribution is 2.28. The third kappa shape index (κ3) is 1.53. The zero-order valence-corrected chi connectivity index (χ0v) is 9.29. The monoisotopic (exact) mass is 242 g/mol. The van der Waals surface area contributed by atoms with Gasteiger partial charge >= 0.3 is 0 Å². The van der Waals surface area contributed by atoms with Crippen LogP contribution in [0.3, 0.4) is 0 Å². The Labute approximate surface area is 101 Å². The summed E-state index contributed by atoms with van der Waals surface area (Å²) >= 11 is 0. The van der Waals surface area contributed by atoms with E-state index in [0.717, 1.165) is 16.5 Å². The van der Waals surface area contributed by atoms with Crippen LogP contribution in [0.15, 0.2) is 30.5 Å². The van der Waals surface area contributed by atoms with Crippen molar-refractivity contribution in [2.45, 2.75) is 5.92 Å². The number of tetrazole rings is 1. The van der Waals surface area contributed by atoms with Crippen LogP contribution in [0.25, 0.3) is 10.9 Å². The zero-order chi connectivity index (χ0) is 12.5. The zero-order valence-electron chi connectivity index (χ0n) is 9.29. The first-order valence-electron chi connectivity index (χ1n) is 5.36. The van der Waals surface area contributed by atoms with Crippen LogP contribution in [0, 0.1) is 0 Å². The van der Waals surface area contributed by atoms with Crippen LogP contribution in [-0.4, -0.2) is 31.5 Å². The Balaban J connectivity index is 2.19. The SMILES string of the molecule is NC(=O)[C@H](c1nn[nH]n1)c1c[nH]c2ccccc12. The Bertz CT molecular complexity index is 686. The van der Waals surface area contributed by atoms with Crippen LogP contribution in [0.5, 0.6) is 0 Å². The highest BCUT2D eigenvalue weighted by Gasteiger charge is 2.26. The van der Waals surface area contributed by atoms with Crippen molar-refractivity contribution in [1.29, 1.82) is 0 Å². The van der Waals surface area contributed by atoms with Crippen molar-refractivity contribution in [2.24, 2.45) is 5.73 Å². The summed E-state index contributed by atoms with van der Waals surface area (Å²) in [6.07, 6.45) is 1.75. The van der Waals surface area contributed by atoms with Crippen LogP contribution in [0.2, 0.25) is 0 Å². The number of hydrogen-bond donors (Lipinski definition) is 3. The van der Waals surface area contributed by atoms with Crippen molar-refractivity contribution in [3.05, 3.63) is 41.9 Å². The Morgan fingerprint density at radius 1 is 1.33 bits per heavy atom. The summed E-state index contributed by atoms with van der Waals surface area (Å²) < 4.78 is 0. The van der Waals surface area contributed by atoms with Gasteiger partial charge < -0.3 is 10.7 Å². The molecule has 18 heavy (non-hydrogen) atoms. The predicted octanol–water partition coefficient (Wildman–Crippen LogP) is 0.298. The van der Waals surface area contributed by atoms with Crippen molar-refractivity contribution in [3.63, 3.8) is 0 Å². The van der Waals surface area contributed by atoms with Crippen molar-refractivity contribution >= 4 is 16.8 Å². The third-order valence-electron chi connectivity index (χ3n) is 2.84. The normalized spacial score (nSPS) is 12.7. The highest BCUT2D eigenvalue weighted by atomic mass is 16.1. The van der Waals surface area contributed by atoms with E-state index in [0.29, 0.717) is 0 Å². The minimum absolute atomic E-state index is 0.271.